The Morgan fingerprint density at radius 2 is 1.35 bits per heavy atom. The van der Waals surface area contributed by atoms with Crippen molar-refractivity contribution >= 4 is 34.4 Å². The van der Waals surface area contributed by atoms with Crippen LogP contribution in [0.25, 0.3) is 11.0 Å². The van der Waals surface area contributed by atoms with Gasteiger partial charge in [-0.25, -0.2) is 22.5 Å². The molecule has 0 radical (unpaired) electrons. The second-order valence-corrected chi connectivity index (χ2v) is 16.2. The normalized spacial score (nSPS) is 16.9. The number of ether oxygens (including phenoxy) is 10. The van der Waals surface area contributed by atoms with Crippen LogP contribution in [0.1, 0.15) is 57.4 Å². The number of aromatic nitrogens is 7. The zero-order chi connectivity index (χ0) is 47.8. The standard InChI is InChI=1S/C44H63ClF3N9O11/c1-2-35-3-4-39(67-35)57-43-36(29-49-57)42(51-44(45)52-43)50-33-5-8-55(9-6-33)10-13-60-16-19-63-23-24-65-25-26-66-31-34-30-56(54-53-34)11-14-61-17-20-64-22-21-62-18-15-59-12-7-40(58)68-41-37(47)27-32(46)28-38(41)48/h27-30,33,35,39H,2-26,31H2,1H3,(H,50,51,52). The molecule has 2 saturated heterocycles. The summed E-state index contributed by atoms with van der Waals surface area (Å²) in [4.78, 5) is 23.1. The number of esters is 1. The first-order valence-electron chi connectivity index (χ1n) is 23.2. The zero-order valence-electron chi connectivity index (χ0n) is 38.5. The van der Waals surface area contributed by atoms with Crippen molar-refractivity contribution in [1.29, 1.82) is 0 Å². The summed E-state index contributed by atoms with van der Waals surface area (Å²) in [5.41, 5.74) is 1.40. The van der Waals surface area contributed by atoms with E-state index < -0.39 is 29.2 Å². The Hall–Kier alpha value is -4.14. The van der Waals surface area contributed by atoms with Gasteiger partial charge in [0.2, 0.25) is 11.0 Å². The zero-order valence-corrected chi connectivity index (χ0v) is 39.3. The first kappa shape index (κ1) is 53.2. The molecule has 0 aliphatic carbocycles. The number of hydrogen-bond donors (Lipinski definition) is 1. The third-order valence-electron chi connectivity index (χ3n) is 10.9. The topological polar surface area (TPSA) is 199 Å². The van der Waals surface area contributed by atoms with Crippen molar-refractivity contribution in [2.45, 2.75) is 77.0 Å². The van der Waals surface area contributed by atoms with Gasteiger partial charge in [0.25, 0.3) is 0 Å². The molecule has 3 aromatic heterocycles. The molecular weight excluding hydrogens is 923 g/mol. The van der Waals surface area contributed by atoms with E-state index in [1.807, 2.05) is 4.68 Å². The highest BCUT2D eigenvalue weighted by Gasteiger charge is 2.29. The van der Waals surface area contributed by atoms with Crippen molar-refractivity contribution in [3.05, 3.63) is 53.0 Å². The van der Waals surface area contributed by atoms with Crippen LogP contribution >= 0.6 is 11.6 Å². The molecular formula is C44H63ClF3N9O11. The summed E-state index contributed by atoms with van der Waals surface area (Å²) in [5, 5.41) is 17.5. The van der Waals surface area contributed by atoms with E-state index in [0.717, 1.165) is 62.9 Å². The van der Waals surface area contributed by atoms with Gasteiger partial charge in [0.15, 0.2) is 23.5 Å². The number of rotatable bonds is 34. The van der Waals surface area contributed by atoms with Gasteiger partial charge in [-0.15, -0.1) is 5.10 Å². The minimum absolute atomic E-state index is 0.0433. The first-order valence-corrected chi connectivity index (χ1v) is 23.5. The van der Waals surface area contributed by atoms with Crippen LogP contribution < -0.4 is 10.1 Å². The van der Waals surface area contributed by atoms with Gasteiger partial charge in [-0.1, -0.05) is 12.1 Å². The minimum atomic E-state index is -1.30. The summed E-state index contributed by atoms with van der Waals surface area (Å²) in [7, 11) is 0. The lowest BCUT2D eigenvalue weighted by Gasteiger charge is -2.32. The summed E-state index contributed by atoms with van der Waals surface area (Å²) < 4.78 is 98.8. The SMILES string of the molecule is CCC1CCC(n2ncc3c(NC4CCN(CCOCCOCCOCCOCc5cn(CCOCCOCCOCCOCCC(=O)Oc6c(F)cc(F)cc6F)nn5)CC4)nc(Cl)nc32)O1. The maximum Gasteiger partial charge on any atom is 0.313 e. The molecule has 2 fully saturated rings. The van der Waals surface area contributed by atoms with Crippen LogP contribution in [-0.4, -0.2) is 176 Å². The summed E-state index contributed by atoms with van der Waals surface area (Å²) in [6, 6.07) is 1.13. The molecule has 2 aliphatic rings. The molecule has 0 bridgehead atoms. The van der Waals surface area contributed by atoms with E-state index in [1.165, 1.54) is 0 Å². The Bertz CT molecular complexity index is 2060. The number of benzene rings is 1. The fraction of sp³-hybridized carbons (Fsp3) is 0.682. The number of carbonyl (C=O) groups is 1. The predicted molar refractivity (Wildman–Crippen MR) is 239 cm³/mol. The van der Waals surface area contributed by atoms with Gasteiger partial charge >= 0.3 is 5.97 Å². The Morgan fingerprint density at radius 1 is 0.765 bits per heavy atom. The number of hydrogen-bond acceptors (Lipinski definition) is 18. The van der Waals surface area contributed by atoms with Gasteiger partial charge < -0.3 is 57.6 Å². The van der Waals surface area contributed by atoms with E-state index in [-0.39, 0.29) is 49.9 Å². The van der Waals surface area contributed by atoms with Gasteiger partial charge in [0.1, 0.15) is 17.3 Å². The van der Waals surface area contributed by atoms with Crippen molar-refractivity contribution in [2.24, 2.45) is 0 Å². The number of piperidine rings is 1. The van der Waals surface area contributed by atoms with Crippen molar-refractivity contribution in [3.63, 3.8) is 0 Å². The number of fused-ring (bicyclic) bond motifs is 1. The second-order valence-electron chi connectivity index (χ2n) is 15.9. The summed E-state index contributed by atoms with van der Waals surface area (Å²) in [6.07, 6.45) is 8.33. The Balaban J connectivity index is 0.662. The lowest BCUT2D eigenvalue weighted by atomic mass is 10.1. The van der Waals surface area contributed by atoms with Crippen LogP contribution in [0.4, 0.5) is 19.0 Å². The van der Waals surface area contributed by atoms with Crippen LogP contribution in [-0.2, 0) is 60.6 Å². The molecule has 20 nitrogen and oxygen atoms in total. The van der Waals surface area contributed by atoms with Crippen molar-refractivity contribution in [3.8, 4) is 5.75 Å². The van der Waals surface area contributed by atoms with Crippen LogP contribution in [0, 0.1) is 17.5 Å². The summed E-state index contributed by atoms with van der Waals surface area (Å²) in [5.74, 6) is -4.86. The molecule has 2 atom stereocenters. The molecule has 68 heavy (non-hydrogen) atoms. The third-order valence-corrected chi connectivity index (χ3v) is 11.1. The van der Waals surface area contributed by atoms with Crippen LogP contribution in [0.3, 0.4) is 0 Å². The number of anilines is 1. The number of likely N-dealkylation sites (tertiary alicyclic amines) is 1. The van der Waals surface area contributed by atoms with Gasteiger partial charge in [-0.3, -0.25) is 4.79 Å². The summed E-state index contributed by atoms with van der Waals surface area (Å²) in [6.45, 7) is 11.5. The molecule has 6 rings (SSSR count). The highest BCUT2D eigenvalue weighted by Crippen LogP contribution is 2.33. The van der Waals surface area contributed by atoms with Crippen LogP contribution in [0.2, 0.25) is 5.28 Å². The number of halogens is 4. The molecule has 1 aromatic carbocycles. The Labute approximate surface area is 398 Å². The highest BCUT2D eigenvalue weighted by atomic mass is 35.5. The van der Waals surface area contributed by atoms with E-state index in [1.54, 1.807) is 17.1 Å². The molecule has 0 amide bonds. The molecule has 2 aliphatic heterocycles. The molecule has 5 heterocycles. The number of nitrogens with zero attached hydrogens (tertiary/aromatic N) is 8. The van der Waals surface area contributed by atoms with Crippen LogP contribution in [0.15, 0.2) is 24.5 Å². The number of carbonyl (C=O) groups excluding carboxylic acids is 1. The molecule has 378 valence electrons. The maximum atomic E-state index is 13.6. The minimum Gasteiger partial charge on any atom is -0.420 e. The van der Waals surface area contributed by atoms with E-state index in [2.05, 4.69) is 47.3 Å². The molecule has 0 spiro atoms. The quantitative estimate of drug-likeness (QED) is 0.0290. The highest BCUT2D eigenvalue weighted by molar-refractivity contribution is 6.28. The third kappa shape index (κ3) is 18.3. The van der Waals surface area contributed by atoms with E-state index in [9.17, 15) is 18.0 Å². The molecule has 1 N–H and O–H groups in total. The number of nitrogens with one attached hydrogen (secondary N) is 1. The van der Waals surface area contributed by atoms with E-state index in [4.69, 9.17) is 54.2 Å². The second kappa shape index (κ2) is 29.8. The fourth-order valence-electron chi connectivity index (χ4n) is 7.29. The van der Waals surface area contributed by atoms with Gasteiger partial charge in [0.05, 0.1) is 143 Å². The van der Waals surface area contributed by atoms with Crippen molar-refractivity contribution in [2.75, 3.05) is 124 Å². The molecule has 2 unspecified atom stereocenters. The fourth-order valence-corrected chi connectivity index (χ4v) is 7.46. The molecule has 0 saturated carbocycles. The largest absolute Gasteiger partial charge is 0.420 e. The van der Waals surface area contributed by atoms with Gasteiger partial charge in [-0.05, 0) is 43.7 Å². The Morgan fingerprint density at radius 3 is 1.97 bits per heavy atom. The monoisotopic (exact) mass is 985 g/mol. The van der Waals surface area contributed by atoms with E-state index in [0.29, 0.717) is 116 Å². The van der Waals surface area contributed by atoms with Gasteiger partial charge in [-0.2, -0.15) is 15.1 Å². The average molecular weight is 986 g/mol. The van der Waals surface area contributed by atoms with Crippen molar-refractivity contribution in [1.82, 2.24) is 39.6 Å². The van der Waals surface area contributed by atoms with E-state index >= 15 is 0 Å². The first-order chi connectivity index (χ1) is 33.2. The average Bonchev–Trinajstić information content (AvgIpc) is 4.10. The van der Waals surface area contributed by atoms with Crippen LogP contribution in [0.5, 0.6) is 5.75 Å². The Kier molecular flexibility index (Phi) is 23.3. The van der Waals surface area contributed by atoms with Crippen molar-refractivity contribution < 1.29 is 65.3 Å². The van der Waals surface area contributed by atoms with Gasteiger partial charge in [0, 0.05) is 37.8 Å². The molecule has 24 heteroatoms. The summed E-state index contributed by atoms with van der Waals surface area (Å²) >= 11 is 6.35. The predicted octanol–water partition coefficient (Wildman–Crippen LogP) is 4.78. The smallest absolute Gasteiger partial charge is 0.313 e. The maximum absolute atomic E-state index is 13.6. The molecule has 4 aromatic rings. The lowest BCUT2D eigenvalue weighted by Crippen LogP contribution is -2.40. The lowest BCUT2D eigenvalue weighted by molar-refractivity contribution is -0.136.